The van der Waals surface area contributed by atoms with Crippen LogP contribution >= 0.6 is 11.8 Å². The minimum atomic E-state index is -0.472. The van der Waals surface area contributed by atoms with E-state index in [9.17, 15) is 9.59 Å². The van der Waals surface area contributed by atoms with Crippen molar-refractivity contribution in [2.45, 2.75) is 38.1 Å². The molecule has 1 atom stereocenters. The summed E-state index contributed by atoms with van der Waals surface area (Å²) in [6.07, 6.45) is 5.00. The summed E-state index contributed by atoms with van der Waals surface area (Å²) in [5.74, 6) is 0.942. The fraction of sp³-hybridized carbons (Fsp3) is 0.348. The lowest BCUT2D eigenvalue weighted by Crippen LogP contribution is -2.45. The fourth-order valence-electron chi connectivity index (χ4n) is 3.93. The van der Waals surface area contributed by atoms with E-state index in [2.05, 4.69) is 29.6 Å². The maximum atomic E-state index is 12.9. The lowest BCUT2D eigenvalue weighted by molar-refractivity contribution is -0.135. The van der Waals surface area contributed by atoms with Gasteiger partial charge in [0.25, 0.3) is 0 Å². The minimum absolute atomic E-state index is 0.00858. The van der Waals surface area contributed by atoms with Gasteiger partial charge in [0.05, 0.1) is 23.9 Å². The molecular formula is C23H23N3O2S. The zero-order valence-electron chi connectivity index (χ0n) is 16.2. The smallest absolute Gasteiger partial charge is 0.248 e. The summed E-state index contributed by atoms with van der Waals surface area (Å²) in [6.45, 7) is 0. The Balaban J connectivity index is 1.41. The van der Waals surface area contributed by atoms with Crippen LogP contribution in [0.4, 0.5) is 5.69 Å². The van der Waals surface area contributed by atoms with Crippen LogP contribution in [0.5, 0.6) is 0 Å². The molecule has 2 amide bonds. The number of fused-ring (bicyclic) bond motifs is 1. The molecule has 4 rings (SSSR count). The van der Waals surface area contributed by atoms with E-state index >= 15 is 0 Å². The van der Waals surface area contributed by atoms with Gasteiger partial charge in [-0.25, -0.2) is 0 Å². The van der Waals surface area contributed by atoms with Crippen molar-refractivity contribution in [3.8, 4) is 6.07 Å². The number of benzene rings is 2. The number of aryl methyl sites for hydroxylation is 2. The molecule has 1 aliphatic heterocycles. The van der Waals surface area contributed by atoms with Crippen LogP contribution in [-0.2, 0) is 28.9 Å². The van der Waals surface area contributed by atoms with Gasteiger partial charge in [0.15, 0.2) is 0 Å². The third-order valence-electron chi connectivity index (χ3n) is 5.56. The van der Waals surface area contributed by atoms with Crippen molar-refractivity contribution in [2.24, 2.45) is 0 Å². The molecule has 0 aromatic heterocycles. The molecule has 2 aromatic rings. The number of amides is 2. The average Bonchev–Trinajstić information content (AvgIpc) is 3.24. The van der Waals surface area contributed by atoms with Crippen molar-refractivity contribution >= 4 is 29.3 Å². The predicted molar refractivity (Wildman–Crippen MR) is 115 cm³/mol. The molecule has 1 heterocycles. The van der Waals surface area contributed by atoms with Gasteiger partial charge in [0, 0.05) is 11.4 Å². The Morgan fingerprint density at radius 2 is 1.86 bits per heavy atom. The summed E-state index contributed by atoms with van der Waals surface area (Å²) >= 11 is 1.60. The van der Waals surface area contributed by atoms with E-state index in [1.807, 2.05) is 0 Å². The first kappa shape index (κ1) is 19.5. The van der Waals surface area contributed by atoms with Crippen molar-refractivity contribution < 1.29 is 9.59 Å². The molecule has 1 N–H and O–H groups in total. The highest BCUT2D eigenvalue weighted by Gasteiger charge is 2.34. The number of nitriles is 1. The first-order chi connectivity index (χ1) is 14.1. The van der Waals surface area contributed by atoms with Gasteiger partial charge in [-0.1, -0.05) is 18.2 Å². The van der Waals surface area contributed by atoms with Crippen molar-refractivity contribution in [3.05, 3.63) is 64.7 Å². The van der Waals surface area contributed by atoms with Gasteiger partial charge in [0.1, 0.15) is 6.04 Å². The van der Waals surface area contributed by atoms with Gasteiger partial charge in [-0.3, -0.25) is 9.59 Å². The van der Waals surface area contributed by atoms with Crippen LogP contribution in [0.2, 0.25) is 0 Å². The molecule has 0 radical (unpaired) electrons. The third kappa shape index (κ3) is 4.46. The Hall–Kier alpha value is -2.78. The summed E-state index contributed by atoms with van der Waals surface area (Å²) in [5.41, 5.74) is 4.98. The number of nitrogens with zero attached hydrogens (tertiary/aromatic N) is 2. The molecule has 5 nitrogen and oxygen atoms in total. The second-order valence-corrected chi connectivity index (χ2v) is 8.54. The Bertz CT molecular complexity index is 965. The maximum Gasteiger partial charge on any atom is 0.248 e. The molecular weight excluding hydrogens is 382 g/mol. The van der Waals surface area contributed by atoms with Crippen LogP contribution in [0.3, 0.4) is 0 Å². The van der Waals surface area contributed by atoms with Crippen molar-refractivity contribution in [1.82, 2.24) is 4.90 Å². The predicted octanol–water partition coefficient (Wildman–Crippen LogP) is 3.52. The number of hydrogen-bond acceptors (Lipinski definition) is 4. The third-order valence-corrected chi connectivity index (χ3v) is 6.57. The molecule has 0 saturated carbocycles. The van der Waals surface area contributed by atoms with Gasteiger partial charge in [0.2, 0.25) is 11.8 Å². The molecule has 2 aliphatic rings. The van der Waals surface area contributed by atoms with Crippen LogP contribution in [0.1, 0.15) is 35.1 Å². The van der Waals surface area contributed by atoms with Gasteiger partial charge < -0.3 is 10.2 Å². The quantitative estimate of drug-likeness (QED) is 0.845. The highest BCUT2D eigenvalue weighted by molar-refractivity contribution is 7.99. The number of hydrogen-bond donors (Lipinski definition) is 1. The topological polar surface area (TPSA) is 73.2 Å². The van der Waals surface area contributed by atoms with Crippen molar-refractivity contribution in [3.63, 3.8) is 0 Å². The standard InChI is InChI=1S/C23H23N3O2S/c24-13-16-6-9-20(10-7-16)25-23(28)21-14-29-15-26(21)22(27)12-17-5-8-18-3-1-2-4-19(18)11-17/h5-11,21H,1-4,12,14-15H2,(H,25,28). The number of carbonyl (C=O) groups is 2. The number of carbonyl (C=O) groups excluding carboxylic acids is 2. The van der Waals surface area contributed by atoms with E-state index in [-0.39, 0.29) is 11.8 Å². The minimum Gasteiger partial charge on any atom is -0.324 e. The highest BCUT2D eigenvalue weighted by Crippen LogP contribution is 2.25. The molecule has 1 aliphatic carbocycles. The molecule has 6 heteroatoms. The van der Waals surface area contributed by atoms with E-state index < -0.39 is 6.04 Å². The monoisotopic (exact) mass is 405 g/mol. The van der Waals surface area contributed by atoms with E-state index in [4.69, 9.17) is 5.26 Å². The second-order valence-electron chi connectivity index (χ2n) is 7.54. The number of nitrogens with one attached hydrogen (secondary N) is 1. The summed E-state index contributed by atoms with van der Waals surface area (Å²) < 4.78 is 0. The maximum absolute atomic E-state index is 12.9. The normalized spacial score (nSPS) is 18.0. The summed E-state index contributed by atoms with van der Waals surface area (Å²) in [5, 5.41) is 11.8. The van der Waals surface area contributed by atoms with E-state index in [0.29, 0.717) is 29.3 Å². The summed E-state index contributed by atoms with van der Waals surface area (Å²) in [4.78, 5) is 27.4. The van der Waals surface area contributed by atoms with Crippen LogP contribution < -0.4 is 5.32 Å². The summed E-state index contributed by atoms with van der Waals surface area (Å²) in [6, 6.07) is 14.7. The molecule has 1 fully saturated rings. The van der Waals surface area contributed by atoms with Gasteiger partial charge in [-0.05, 0) is 66.6 Å². The van der Waals surface area contributed by atoms with Gasteiger partial charge in [-0.2, -0.15) is 5.26 Å². The number of anilines is 1. The lowest BCUT2D eigenvalue weighted by Gasteiger charge is -2.23. The molecule has 1 unspecified atom stereocenters. The van der Waals surface area contributed by atoms with Gasteiger partial charge >= 0.3 is 0 Å². The SMILES string of the molecule is N#Cc1ccc(NC(=O)C2CSCN2C(=O)Cc2ccc3c(c2)CCCC3)cc1. The molecule has 2 aromatic carbocycles. The number of thioether (sulfide) groups is 1. The highest BCUT2D eigenvalue weighted by atomic mass is 32.2. The number of rotatable bonds is 4. The van der Waals surface area contributed by atoms with Crippen LogP contribution in [0.25, 0.3) is 0 Å². The Morgan fingerprint density at radius 3 is 2.62 bits per heavy atom. The van der Waals surface area contributed by atoms with E-state index in [1.165, 1.54) is 24.0 Å². The Labute approximate surface area is 175 Å². The molecule has 0 spiro atoms. The first-order valence-corrected chi connectivity index (χ1v) is 11.1. The second kappa shape index (κ2) is 8.71. The summed E-state index contributed by atoms with van der Waals surface area (Å²) in [7, 11) is 0. The zero-order valence-corrected chi connectivity index (χ0v) is 17.0. The van der Waals surface area contributed by atoms with E-state index in [0.717, 1.165) is 18.4 Å². The van der Waals surface area contributed by atoms with Crippen LogP contribution in [0.15, 0.2) is 42.5 Å². The van der Waals surface area contributed by atoms with Crippen LogP contribution in [0, 0.1) is 11.3 Å². The molecule has 0 bridgehead atoms. The fourth-order valence-corrected chi connectivity index (χ4v) is 5.11. The zero-order chi connectivity index (χ0) is 20.2. The molecule has 1 saturated heterocycles. The van der Waals surface area contributed by atoms with Crippen molar-refractivity contribution in [2.75, 3.05) is 16.9 Å². The van der Waals surface area contributed by atoms with Crippen LogP contribution in [-0.4, -0.2) is 34.4 Å². The Morgan fingerprint density at radius 1 is 1.10 bits per heavy atom. The lowest BCUT2D eigenvalue weighted by atomic mass is 9.90. The van der Waals surface area contributed by atoms with Gasteiger partial charge in [-0.15, -0.1) is 11.8 Å². The first-order valence-electron chi connectivity index (χ1n) is 9.93. The Kier molecular flexibility index (Phi) is 5.86. The average molecular weight is 406 g/mol. The molecule has 29 heavy (non-hydrogen) atoms. The van der Waals surface area contributed by atoms with Crippen molar-refractivity contribution in [1.29, 1.82) is 5.26 Å². The largest absolute Gasteiger partial charge is 0.324 e. The van der Waals surface area contributed by atoms with E-state index in [1.54, 1.807) is 40.9 Å². The molecule has 148 valence electrons.